The summed E-state index contributed by atoms with van der Waals surface area (Å²) in [5, 5.41) is 3.33. The number of carbonyl (C=O) groups is 1. The predicted octanol–water partition coefficient (Wildman–Crippen LogP) is 4.06. The lowest BCUT2D eigenvalue weighted by Gasteiger charge is -2.11. The highest BCUT2D eigenvalue weighted by molar-refractivity contribution is 7.90. The molecule has 0 unspecified atom stereocenters. The Morgan fingerprint density at radius 1 is 1.15 bits per heavy atom. The van der Waals surface area contributed by atoms with Gasteiger partial charge in [0.25, 0.3) is 15.9 Å². The fourth-order valence-electron chi connectivity index (χ4n) is 2.68. The van der Waals surface area contributed by atoms with Gasteiger partial charge in [-0.15, -0.1) is 4.40 Å². The van der Waals surface area contributed by atoms with Crippen LogP contribution in [0.25, 0.3) is 0 Å². The number of likely N-dealkylation sites (tertiary alicyclic amines) is 1. The molecule has 0 aromatic heterocycles. The van der Waals surface area contributed by atoms with Crippen LogP contribution < -0.4 is 5.32 Å². The van der Waals surface area contributed by atoms with Crippen LogP contribution in [0.2, 0.25) is 10.0 Å². The third-order valence-electron chi connectivity index (χ3n) is 4.14. The first kappa shape index (κ1) is 19.7. The molecule has 1 heterocycles. The van der Waals surface area contributed by atoms with Crippen LogP contribution in [0.1, 0.15) is 23.2 Å². The van der Waals surface area contributed by atoms with Crippen molar-refractivity contribution in [3.05, 3.63) is 58.1 Å². The van der Waals surface area contributed by atoms with Crippen molar-refractivity contribution in [1.29, 1.82) is 0 Å². The number of hydrogen-bond acceptors (Lipinski definition) is 3. The summed E-state index contributed by atoms with van der Waals surface area (Å²) >= 11 is 11.9. The number of amidine groups is 1. The number of hydrogen-bond donors (Lipinski definition) is 1. The molecule has 1 saturated heterocycles. The molecule has 0 bridgehead atoms. The van der Waals surface area contributed by atoms with Crippen molar-refractivity contribution in [1.82, 2.24) is 4.90 Å². The predicted molar refractivity (Wildman–Crippen MR) is 107 cm³/mol. The summed E-state index contributed by atoms with van der Waals surface area (Å²) in [6.07, 6.45) is 1.53. The molecule has 0 aliphatic carbocycles. The van der Waals surface area contributed by atoms with Gasteiger partial charge >= 0.3 is 0 Å². The van der Waals surface area contributed by atoms with Crippen LogP contribution in [0.15, 0.2) is 51.8 Å². The number of nitrogens with zero attached hydrogens (tertiary/aromatic N) is 2. The summed E-state index contributed by atoms with van der Waals surface area (Å²) in [6.45, 7) is 0.797. The lowest BCUT2D eigenvalue weighted by atomic mass is 10.2. The maximum absolute atomic E-state index is 12.4. The quantitative estimate of drug-likeness (QED) is 0.800. The van der Waals surface area contributed by atoms with Crippen molar-refractivity contribution in [3.63, 3.8) is 0 Å². The lowest BCUT2D eigenvalue weighted by molar-refractivity contribution is 0.102. The largest absolute Gasteiger partial charge is 0.362 e. The summed E-state index contributed by atoms with van der Waals surface area (Å²) in [4.78, 5) is 14.2. The molecular weight excluding hydrogens is 409 g/mol. The second-order valence-corrected chi connectivity index (χ2v) is 8.56. The fraction of sp³-hybridized carbons (Fsp3) is 0.222. The molecule has 0 spiro atoms. The van der Waals surface area contributed by atoms with E-state index in [4.69, 9.17) is 23.2 Å². The lowest BCUT2D eigenvalue weighted by Crippen LogP contribution is -2.20. The number of amides is 1. The molecule has 1 aliphatic rings. The minimum atomic E-state index is -3.79. The Labute approximate surface area is 167 Å². The molecule has 1 fully saturated rings. The zero-order valence-corrected chi connectivity index (χ0v) is 16.8. The number of halogens is 2. The van der Waals surface area contributed by atoms with Crippen molar-refractivity contribution in [2.24, 2.45) is 4.40 Å². The molecule has 27 heavy (non-hydrogen) atoms. The Kier molecular flexibility index (Phi) is 5.74. The standard InChI is InChI=1S/C18H17Cl2N3O3S/c1-23-10-2-3-17(23)22-27(25,26)14-7-5-13(6-8-14)21-18(24)15-11-12(19)4-9-16(15)20/h4-9,11H,2-3,10H2,1H3,(H,21,24). The number of sulfonamides is 1. The van der Waals surface area contributed by atoms with Crippen molar-refractivity contribution < 1.29 is 13.2 Å². The first-order valence-corrected chi connectivity index (χ1v) is 10.4. The average Bonchev–Trinajstić information content (AvgIpc) is 3.01. The second kappa shape index (κ2) is 7.88. The Balaban J connectivity index is 1.77. The molecule has 0 atom stereocenters. The molecule has 0 saturated carbocycles. The molecule has 1 amide bonds. The monoisotopic (exact) mass is 425 g/mol. The number of anilines is 1. The minimum absolute atomic E-state index is 0.0640. The summed E-state index contributed by atoms with van der Waals surface area (Å²) in [5.41, 5.74) is 0.664. The van der Waals surface area contributed by atoms with E-state index in [9.17, 15) is 13.2 Å². The van der Waals surface area contributed by atoms with E-state index in [1.54, 1.807) is 6.07 Å². The van der Waals surface area contributed by atoms with Crippen LogP contribution in [0.3, 0.4) is 0 Å². The van der Waals surface area contributed by atoms with E-state index in [1.165, 1.54) is 36.4 Å². The van der Waals surface area contributed by atoms with E-state index in [0.717, 1.165) is 13.0 Å². The highest BCUT2D eigenvalue weighted by atomic mass is 35.5. The van der Waals surface area contributed by atoms with Crippen LogP contribution in [0, 0.1) is 0 Å². The third kappa shape index (κ3) is 4.61. The van der Waals surface area contributed by atoms with Gasteiger partial charge in [-0.25, -0.2) is 0 Å². The van der Waals surface area contributed by atoms with Crippen LogP contribution in [0.5, 0.6) is 0 Å². The Hall–Kier alpha value is -2.09. The van der Waals surface area contributed by atoms with Gasteiger partial charge < -0.3 is 10.2 Å². The van der Waals surface area contributed by atoms with Crippen molar-refractivity contribution in [3.8, 4) is 0 Å². The highest BCUT2D eigenvalue weighted by Crippen LogP contribution is 2.23. The molecule has 3 rings (SSSR count). The van der Waals surface area contributed by atoms with E-state index in [1.807, 2.05) is 11.9 Å². The van der Waals surface area contributed by atoms with E-state index in [-0.39, 0.29) is 15.5 Å². The van der Waals surface area contributed by atoms with E-state index in [0.29, 0.717) is 23.0 Å². The van der Waals surface area contributed by atoms with Crippen molar-refractivity contribution in [2.75, 3.05) is 18.9 Å². The maximum atomic E-state index is 12.4. The van der Waals surface area contributed by atoms with Gasteiger partial charge in [0.05, 0.1) is 15.5 Å². The Morgan fingerprint density at radius 3 is 2.48 bits per heavy atom. The van der Waals surface area contributed by atoms with E-state index < -0.39 is 15.9 Å². The zero-order chi connectivity index (χ0) is 19.6. The Morgan fingerprint density at radius 2 is 1.85 bits per heavy atom. The van der Waals surface area contributed by atoms with Crippen LogP contribution in [0.4, 0.5) is 5.69 Å². The van der Waals surface area contributed by atoms with Crippen molar-refractivity contribution in [2.45, 2.75) is 17.7 Å². The topological polar surface area (TPSA) is 78.8 Å². The Bertz CT molecular complexity index is 1010. The molecule has 2 aromatic carbocycles. The second-order valence-electron chi connectivity index (χ2n) is 6.11. The van der Waals surface area contributed by atoms with Gasteiger partial charge in [-0.3, -0.25) is 4.79 Å². The number of nitrogens with one attached hydrogen (secondary N) is 1. The van der Waals surface area contributed by atoms with Gasteiger partial charge in [0, 0.05) is 30.7 Å². The molecule has 6 nitrogen and oxygen atoms in total. The van der Waals surface area contributed by atoms with Crippen LogP contribution >= 0.6 is 23.2 Å². The highest BCUT2D eigenvalue weighted by Gasteiger charge is 2.20. The number of rotatable bonds is 4. The molecule has 0 radical (unpaired) electrons. The van der Waals surface area contributed by atoms with Crippen LogP contribution in [-0.2, 0) is 10.0 Å². The molecule has 9 heteroatoms. The van der Waals surface area contributed by atoms with Gasteiger partial charge in [0.15, 0.2) is 0 Å². The summed E-state index contributed by atoms with van der Waals surface area (Å²) < 4.78 is 28.8. The fourth-order valence-corrected chi connectivity index (χ4v) is 4.15. The SMILES string of the molecule is CN1CCCC1=NS(=O)(=O)c1ccc(NC(=O)c2cc(Cl)ccc2Cl)cc1. The average molecular weight is 426 g/mol. The molecule has 2 aromatic rings. The summed E-state index contributed by atoms with van der Waals surface area (Å²) in [5.74, 6) is 0.119. The van der Waals surface area contributed by atoms with Gasteiger partial charge in [-0.1, -0.05) is 23.2 Å². The summed E-state index contributed by atoms with van der Waals surface area (Å²) in [6, 6.07) is 10.4. The minimum Gasteiger partial charge on any atom is -0.362 e. The number of carbonyl (C=O) groups excluding carboxylic acids is 1. The zero-order valence-electron chi connectivity index (χ0n) is 14.4. The molecule has 1 N–H and O–H groups in total. The van der Waals surface area contributed by atoms with Gasteiger partial charge in [-0.05, 0) is 48.9 Å². The maximum Gasteiger partial charge on any atom is 0.283 e. The van der Waals surface area contributed by atoms with Gasteiger partial charge in [0.2, 0.25) is 0 Å². The van der Waals surface area contributed by atoms with Gasteiger partial charge in [0.1, 0.15) is 5.84 Å². The number of benzene rings is 2. The molecule has 1 aliphatic heterocycles. The van der Waals surface area contributed by atoms with Crippen molar-refractivity contribution >= 4 is 50.7 Å². The molecular formula is C18H17Cl2N3O3S. The third-order valence-corrected chi connectivity index (χ3v) is 6.03. The van der Waals surface area contributed by atoms with E-state index >= 15 is 0 Å². The first-order chi connectivity index (χ1) is 12.8. The van der Waals surface area contributed by atoms with Crippen LogP contribution in [-0.4, -0.2) is 38.7 Å². The normalized spacial score (nSPS) is 16.0. The summed E-state index contributed by atoms with van der Waals surface area (Å²) in [7, 11) is -1.97. The smallest absolute Gasteiger partial charge is 0.283 e. The molecule has 142 valence electrons. The van der Waals surface area contributed by atoms with E-state index in [2.05, 4.69) is 9.71 Å². The first-order valence-electron chi connectivity index (χ1n) is 8.18. The van der Waals surface area contributed by atoms with Gasteiger partial charge in [-0.2, -0.15) is 8.42 Å².